The van der Waals surface area contributed by atoms with Crippen molar-refractivity contribution in [3.63, 3.8) is 0 Å². The van der Waals surface area contributed by atoms with Crippen molar-refractivity contribution in [2.24, 2.45) is 11.8 Å². The number of carbonyl (C=O) groups is 4. The number of aryl methyl sites for hydroxylation is 4. The van der Waals surface area contributed by atoms with Crippen LogP contribution in [0.1, 0.15) is 142 Å². The first kappa shape index (κ1) is 74.5. The summed E-state index contributed by atoms with van der Waals surface area (Å²) in [6, 6.07) is 33.9. The first-order chi connectivity index (χ1) is 37.4. The van der Waals surface area contributed by atoms with Gasteiger partial charge in [-0.1, -0.05) is 132 Å². The third-order valence-corrected chi connectivity index (χ3v) is 14.7. The normalized spacial score (nSPS) is 12.3. The van der Waals surface area contributed by atoms with Crippen molar-refractivity contribution < 1.29 is 58.8 Å². The van der Waals surface area contributed by atoms with Crippen LogP contribution in [0.4, 0.5) is 0 Å². The molecule has 4 aromatic carbocycles. The molecule has 15 heteroatoms. The Hall–Kier alpha value is -6.50. The first-order valence-corrected chi connectivity index (χ1v) is 27.8. The van der Waals surface area contributed by atoms with Crippen LogP contribution in [0.2, 0.25) is 0 Å². The standard InChI is InChI=1S/C34H44N2O4.C33H42N2O4.CH4.Li.2H2O/c1-23(2)18-30(36-22-26(14-15-32(36)38)16-17-35(5)6)31(37)20-29(21-33(39)40-7)27-12-9-13-28(19-27)34-24(3)10-8-11-25(34)4;1-22(2)17-29(35-21-25(13-14-31(35)37)15-16-34(5)6)30(36)19-28(20-32(38)39)26-11-8-12-27(18-26)33-23(3)9-7-10-24(33)4;;;;/h8-15,19,22-23,29-30H,16-18,20-21H2,1-7H3;7-14,18,21-22,28-29H,15-17,19-20H2,1-6H3,(H,38,39);1H4;;2*1H2/q;;;+1;;/p-2/t29-,30?;28-,29?;;;;/m00..../s1. The molecule has 2 unspecified atom stereocenters. The Balaban J connectivity index is 0.000000792. The van der Waals surface area contributed by atoms with Crippen molar-refractivity contribution >= 4 is 23.5 Å². The molecule has 4 atom stereocenters. The van der Waals surface area contributed by atoms with E-state index < -0.39 is 24.0 Å². The Labute approximate surface area is 506 Å². The zero-order valence-corrected chi connectivity index (χ0v) is 51.1. The molecule has 0 spiro atoms. The maximum absolute atomic E-state index is 14.0. The Kier molecular flexibility index (Phi) is 32.0. The number of likely N-dealkylation sites (N-methyl/N-ethyl adjacent to an activating group) is 2. The van der Waals surface area contributed by atoms with Crippen LogP contribution in [-0.2, 0) is 36.8 Å². The monoisotopic (exact) mass is 1130 g/mol. The third kappa shape index (κ3) is 22.2. The molecule has 0 aliphatic carbocycles. The molecule has 0 bridgehead atoms. The van der Waals surface area contributed by atoms with E-state index in [1.54, 1.807) is 15.2 Å². The molecule has 446 valence electrons. The summed E-state index contributed by atoms with van der Waals surface area (Å²) in [6.45, 7) is 18.2. The maximum atomic E-state index is 14.0. The topological polar surface area (TPSA) is 208 Å². The van der Waals surface area contributed by atoms with Gasteiger partial charge < -0.3 is 39.7 Å². The maximum Gasteiger partial charge on any atom is 1.00 e. The van der Waals surface area contributed by atoms with Crippen molar-refractivity contribution in [1.82, 2.24) is 18.9 Å². The summed E-state index contributed by atoms with van der Waals surface area (Å²) in [5.41, 5.74) is 12.3. The molecule has 0 fully saturated rings. The number of benzene rings is 4. The molecule has 0 amide bonds. The number of nitrogens with zero attached hydrogens (tertiary/aromatic N) is 4. The van der Waals surface area contributed by atoms with E-state index in [0.29, 0.717) is 12.8 Å². The van der Waals surface area contributed by atoms with E-state index in [0.717, 1.165) is 81.6 Å². The molecule has 83 heavy (non-hydrogen) atoms. The number of Topliss-reactive ketones (excluding diaryl/α,β-unsaturated/α-hetero) is 2. The van der Waals surface area contributed by atoms with E-state index in [1.807, 2.05) is 115 Å². The minimum atomic E-state index is -0.950. The summed E-state index contributed by atoms with van der Waals surface area (Å²) in [4.78, 5) is 82.4. The molecule has 0 radical (unpaired) electrons. The van der Waals surface area contributed by atoms with Crippen molar-refractivity contribution in [3.8, 4) is 22.3 Å². The number of carboxylic acids is 1. The van der Waals surface area contributed by atoms with Gasteiger partial charge in [-0.2, -0.15) is 0 Å². The fraction of sp³-hybridized carbons (Fsp3) is 0.441. The number of aliphatic carboxylic acids is 1. The van der Waals surface area contributed by atoms with Crippen LogP contribution in [0.5, 0.6) is 0 Å². The Morgan fingerprint density at radius 1 is 0.530 bits per heavy atom. The molecule has 3 N–H and O–H groups in total. The molecule has 6 rings (SSSR count). The van der Waals surface area contributed by atoms with Crippen LogP contribution in [0.25, 0.3) is 22.3 Å². The van der Waals surface area contributed by atoms with Gasteiger partial charge in [0, 0.05) is 62.3 Å². The number of pyridine rings is 2. The van der Waals surface area contributed by atoms with E-state index in [1.165, 1.54) is 24.3 Å². The summed E-state index contributed by atoms with van der Waals surface area (Å²) in [7, 11) is 9.39. The predicted octanol–water partition coefficient (Wildman–Crippen LogP) is 9.46. The number of esters is 1. The number of carbonyl (C=O) groups excluding carboxylic acids is 3. The fourth-order valence-electron chi connectivity index (χ4n) is 10.6. The molecule has 2 aromatic heterocycles. The van der Waals surface area contributed by atoms with Gasteiger partial charge in [-0.15, -0.1) is 0 Å². The van der Waals surface area contributed by atoms with Gasteiger partial charge in [0.25, 0.3) is 11.1 Å². The van der Waals surface area contributed by atoms with E-state index in [9.17, 15) is 33.9 Å². The average Bonchev–Trinajstić information content (AvgIpc) is 3.57. The zero-order valence-electron chi connectivity index (χ0n) is 51.1. The van der Waals surface area contributed by atoms with Crippen LogP contribution in [0.3, 0.4) is 0 Å². The second-order valence-corrected chi connectivity index (χ2v) is 22.9. The molecule has 2 heterocycles. The van der Waals surface area contributed by atoms with Crippen LogP contribution in [0, 0.1) is 39.5 Å². The van der Waals surface area contributed by atoms with Crippen LogP contribution < -0.4 is 30.0 Å². The van der Waals surface area contributed by atoms with Gasteiger partial charge in [0.1, 0.15) is 0 Å². The van der Waals surface area contributed by atoms with Crippen molar-refractivity contribution in [2.75, 3.05) is 48.4 Å². The molecular formula is C68H92LiN4O10-. The van der Waals surface area contributed by atoms with Crippen LogP contribution in [0.15, 0.2) is 131 Å². The summed E-state index contributed by atoms with van der Waals surface area (Å²) in [6.07, 6.45) is 6.37. The van der Waals surface area contributed by atoms with Gasteiger partial charge in [0.2, 0.25) is 0 Å². The Morgan fingerprint density at radius 2 is 0.880 bits per heavy atom. The number of ketones is 2. The van der Waals surface area contributed by atoms with E-state index >= 15 is 0 Å². The quantitative estimate of drug-likeness (QED) is 0.0398. The number of ether oxygens (including phenoxy) is 1. The number of hydrogen-bond acceptors (Lipinski definition) is 11. The summed E-state index contributed by atoms with van der Waals surface area (Å²) in [5.74, 6) is -1.95. The molecule has 0 saturated heterocycles. The van der Waals surface area contributed by atoms with Gasteiger partial charge in [-0.25, -0.2) is 0 Å². The smallest absolute Gasteiger partial charge is 0.870 e. The molecule has 0 aliphatic heterocycles. The minimum Gasteiger partial charge on any atom is -0.870 e. The molecule has 6 aromatic rings. The van der Waals surface area contributed by atoms with Gasteiger partial charge >= 0.3 is 30.8 Å². The number of hydrogen-bond donors (Lipinski definition) is 1. The van der Waals surface area contributed by atoms with Gasteiger partial charge in [-0.3, -0.25) is 28.8 Å². The number of methoxy groups -OCH3 is 1. The summed E-state index contributed by atoms with van der Waals surface area (Å²) in [5, 5.41) is 9.75. The average molecular weight is 1130 g/mol. The second kappa shape index (κ2) is 35.6. The minimum absolute atomic E-state index is 0. The van der Waals surface area contributed by atoms with E-state index in [-0.39, 0.29) is 109 Å². The van der Waals surface area contributed by atoms with Crippen molar-refractivity contribution in [2.45, 2.75) is 138 Å². The van der Waals surface area contributed by atoms with Crippen LogP contribution >= 0.6 is 0 Å². The number of carboxylic acid groups (broad SMARTS) is 1. The predicted molar refractivity (Wildman–Crippen MR) is 330 cm³/mol. The summed E-state index contributed by atoms with van der Waals surface area (Å²) < 4.78 is 8.19. The SMILES string of the molecule is C.COC(=O)C[C@H](CC(=O)C(CC(C)C)n1cc(CCN(C)C)ccc1=O)c1cccc(-c2c(C)cccc2C)c1.Cc1cccc(C)c1-c1cccc([C@H](CC(=O)O)CC(=O)C(CC(C)C)n2cc(CCN(C)C)ccc2=O)c1.[Li+].[OH-].[OH-]. The molecule has 14 nitrogen and oxygen atoms in total. The third-order valence-electron chi connectivity index (χ3n) is 14.7. The van der Waals surface area contributed by atoms with Gasteiger partial charge in [0.05, 0.1) is 32.0 Å². The van der Waals surface area contributed by atoms with Crippen molar-refractivity contribution in [1.29, 1.82) is 0 Å². The second-order valence-electron chi connectivity index (χ2n) is 22.9. The summed E-state index contributed by atoms with van der Waals surface area (Å²) >= 11 is 0. The number of rotatable bonds is 26. The van der Waals surface area contributed by atoms with Gasteiger partial charge in [0.15, 0.2) is 11.6 Å². The van der Waals surface area contributed by atoms with E-state index in [4.69, 9.17) is 4.74 Å². The Morgan fingerprint density at radius 3 is 1.20 bits per heavy atom. The van der Waals surface area contributed by atoms with E-state index in [2.05, 4.69) is 87.7 Å². The zero-order chi connectivity index (χ0) is 58.1. The fourth-order valence-corrected chi connectivity index (χ4v) is 10.6. The van der Waals surface area contributed by atoms with Crippen LogP contribution in [-0.4, -0.2) is 107 Å². The van der Waals surface area contributed by atoms with Crippen molar-refractivity contribution in [3.05, 3.63) is 187 Å². The van der Waals surface area contributed by atoms with Gasteiger partial charge in [-0.05, 0) is 160 Å². The number of aromatic nitrogens is 2. The Bertz CT molecular complexity index is 3120. The molecular weight excluding hydrogens is 1040 g/mol. The molecule has 0 aliphatic rings. The first-order valence-electron chi connectivity index (χ1n) is 27.8. The largest absolute Gasteiger partial charge is 1.00 e. The molecule has 0 saturated carbocycles.